The van der Waals surface area contributed by atoms with Crippen LogP contribution in [0.3, 0.4) is 0 Å². The van der Waals surface area contributed by atoms with Crippen molar-refractivity contribution in [3.8, 4) is 5.75 Å². The van der Waals surface area contributed by atoms with Crippen LogP contribution in [0.5, 0.6) is 5.75 Å². The molecule has 1 aliphatic rings. The summed E-state index contributed by atoms with van der Waals surface area (Å²) in [5.74, 6) is 0.834. The zero-order chi connectivity index (χ0) is 15.3. The molecule has 0 saturated carbocycles. The summed E-state index contributed by atoms with van der Waals surface area (Å²) >= 11 is 0. The molecule has 3 heteroatoms. The van der Waals surface area contributed by atoms with Crippen molar-refractivity contribution < 1.29 is 9.47 Å². The molecule has 1 aliphatic heterocycles. The van der Waals surface area contributed by atoms with Crippen molar-refractivity contribution in [1.29, 1.82) is 0 Å². The van der Waals surface area contributed by atoms with Gasteiger partial charge in [-0.3, -0.25) is 0 Å². The van der Waals surface area contributed by atoms with Gasteiger partial charge in [0.25, 0.3) is 0 Å². The summed E-state index contributed by atoms with van der Waals surface area (Å²) in [4.78, 5) is 0. The Morgan fingerprint density at radius 2 is 1.82 bits per heavy atom. The van der Waals surface area contributed by atoms with E-state index in [1.807, 2.05) is 66.7 Å². The van der Waals surface area contributed by atoms with Gasteiger partial charge in [-0.2, -0.15) is 0 Å². The Labute approximate surface area is 130 Å². The Morgan fingerprint density at radius 3 is 2.45 bits per heavy atom. The number of hydrogen-bond acceptors (Lipinski definition) is 3. The summed E-state index contributed by atoms with van der Waals surface area (Å²) in [5, 5.41) is 3.19. The molecular weight excluding hydrogens is 274 g/mol. The van der Waals surface area contributed by atoms with Gasteiger partial charge < -0.3 is 14.8 Å². The van der Waals surface area contributed by atoms with E-state index in [0.717, 1.165) is 16.9 Å². The predicted molar refractivity (Wildman–Crippen MR) is 86.0 cm³/mol. The minimum absolute atomic E-state index is 0.561. The molecule has 3 nitrogen and oxygen atoms in total. The minimum Gasteiger partial charge on any atom is -0.489 e. The van der Waals surface area contributed by atoms with E-state index in [0.29, 0.717) is 6.61 Å². The highest BCUT2D eigenvalue weighted by atomic mass is 16.5. The first kappa shape index (κ1) is 14.4. The second kappa shape index (κ2) is 6.50. The molecule has 1 unspecified atom stereocenters. The van der Waals surface area contributed by atoms with Crippen LogP contribution in [-0.2, 0) is 17.1 Å². The van der Waals surface area contributed by atoms with Crippen LogP contribution in [0.25, 0.3) is 0 Å². The number of nitrogens with one attached hydrogen (secondary N) is 1. The number of allylic oxidation sites excluding steroid dienone is 2. The summed E-state index contributed by atoms with van der Waals surface area (Å²) in [6, 6.07) is 18.0. The second-order valence-corrected chi connectivity index (χ2v) is 5.03. The van der Waals surface area contributed by atoms with Gasteiger partial charge in [-0.15, -0.1) is 0 Å². The number of dihydropyridines is 1. The monoisotopic (exact) mass is 292 g/mol. The van der Waals surface area contributed by atoms with Crippen molar-refractivity contribution in [1.82, 2.24) is 5.32 Å². The van der Waals surface area contributed by atoms with Crippen LogP contribution in [0.1, 0.15) is 11.1 Å². The van der Waals surface area contributed by atoms with Gasteiger partial charge in [-0.1, -0.05) is 48.5 Å². The first-order chi connectivity index (χ1) is 10.8. The number of rotatable bonds is 5. The summed E-state index contributed by atoms with van der Waals surface area (Å²) in [6.07, 6.45) is 8.51. The van der Waals surface area contributed by atoms with E-state index < -0.39 is 5.72 Å². The molecule has 2 aromatic carbocycles. The molecule has 1 N–H and O–H groups in total. The van der Waals surface area contributed by atoms with Crippen molar-refractivity contribution in [3.05, 3.63) is 90.2 Å². The fourth-order valence-electron chi connectivity index (χ4n) is 2.37. The van der Waals surface area contributed by atoms with Crippen LogP contribution >= 0.6 is 0 Å². The van der Waals surface area contributed by atoms with E-state index in [9.17, 15) is 0 Å². The highest BCUT2D eigenvalue weighted by Crippen LogP contribution is 2.27. The van der Waals surface area contributed by atoms with Gasteiger partial charge in [0.05, 0.1) is 0 Å². The highest BCUT2D eigenvalue weighted by Gasteiger charge is 2.28. The lowest BCUT2D eigenvalue weighted by Gasteiger charge is -2.31. The highest BCUT2D eigenvalue weighted by molar-refractivity contribution is 5.35. The normalized spacial score (nSPS) is 19.7. The number of hydrogen-bond donors (Lipinski definition) is 1. The first-order valence-electron chi connectivity index (χ1n) is 7.18. The maximum atomic E-state index is 5.80. The molecule has 0 aromatic heterocycles. The van der Waals surface area contributed by atoms with E-state index in [2.05, 4.69) is 11.4 Å². The van der Waals surface area contributed by atoms with Gasteiger partial charge in [0.2, 0.25) is 0 Å². The number of methoxy groups -OCH3 is 1. The molecule has 0 bridgehead atoms. The van der Waals surface area contributed by atoms with Gasteiger partial charge in [0, 0.05) is 18.9 Å². The smallest absolute Gasteiger partial charge is 0.184 e. The summed E-state index contributed by atoms with van der Waals surface area (Å²) in [6.45, 7) is 0.561. The first-order valence-corrected chi connectivity index (χ1v) is 7.18. The maximum absolute atomic E-state index is 5.80. The molecule has 3 rings (SSSR count). The van der Waals surface area contributed by atoms with Crippen LogP contribution < -0.4 is 10.1 Å². The third kappa shape index (κ3) is 3.05. The summed E-state index contributed by atoms with van der Waals surface area (Å²) < 4.78 is 11.4. The molecule has 2 aromatic rings. The zero-order valence-electron chi connectivity index (χ0n) is 12.5. The standard InChI is InChI=1S/C19H18NO2/c1-21-19(13-5-6-14-20-19)17-9-11-18(12-10-17)22-15-16-7-3-2-4-8-16/h2-5,7-14,20H,15H2,1H3. The van der Waals surface area contributed by atoms with Gasteiger partial charge in [-0.05, 0) is 29.8 Å². The van der Waals surface area contributed by atoms with E-state index in [4.69, 9.17) is 9.47 Å². The number of benzene rings is 2. The van der Waals surface area contributed by atoms with Crippen molar-refractivity contribution in [2.45, 2.75) is 12.3 Å². The summed E-state index contributed by atoms with van der Waals surface area (Å²) in [5.41, 5.74) is 1.52. The predicted octanol–water partition coefficient (Wildman–Crippen LogP) is 3.54. The second-order valence-electron chi connectivity index (χ2n) is 5.03. The molecule has 0 aliphatic carbocycles. The van der Waals surface area contributed by atoms with Crippen molar-refractivity contribution in [3.63, 3.8) is 0 Å². The van der Waals surface area contributed by atoms with Gasteiger partial charge >= 0.3 is 0 Å². The quantitative estimate of drug-likeness (QED) is 0.914. The largest absolute Gasteiger partial charge is 0.489 e. The third-order valence-corrected chi connectivity index (χ3v) is 3.64. The van der Waals surface area contributed by atoms with Crippen LogP contribution in [0, 0.1) is 6.08 Å². The van der Waals surface area contributed by atoms with Crippen LogP contribution in [0.4, 0.5) is 0 Å². The van der Waals surface area contributed by atoms with E-state index in [-0.39, 0.29) is 0 Å². The van der Waals surface area contributed by atoms with E-state index >= 15 is 0 Å². The molecule has 22 heavy (non-hydrogen) atoms. The van der Waals surface area contributed by atoms with Crippen LogP contribution in [-0.4, -0.2) is 7.11 Å². The summed E-state index contributed by atoms with van der Waals surface area (Å²) in [7, 11) is 1.68. The topological polar surface area (TPSA) is 30.5 Å². The van der Waals surface area contributed by atoms with Crippen molar-refractivity contribution >= 4 is 0 Å². The van der Waals surface area contributed by atoms with Gasteiger partial charge in [0.1, 0.15) is 12.4 Å². The zero-order valence-corrected chi connectivity index (χ0v) is 12.5. The average molecular weight is 292 g/mol. The molecule has 0 spiro atoms. The fourth-order valence-corrected chi connectivity index (χ4v) is 2.37. The number of ether oxygens (including phenoxy) is 2. The molecule has 1 radical (unpaired) electrons. The molecular formula is C19H18NO2. The van der Waals surface area contributed by atoms with Crippen molar-refractivity contribution in [2.24, 2.45) is 0 Å². The SMILES string of the molecule is COC1(c2ccc(OCc3ccccc3)cc2)C=C[C]=CN1. The lowest BCUT2D eigenvalue weighted by Crippen LogP contribution is -2.40. The van der Waals surface area contributed by atoms with Crippen LogP contribution in [0.2, 0.25) is 0 Å². The molecule has 0 amide bonds. The van der Waals surface area contributed by atoms with Crippen molar-refractivity contribution in [2.75, 3.05) is 7.11 Å². The Morgan fingerprint density at radius 1 is 1.05 bits per heavy atom. The van der Waals surface area contributed by atoms with Gasteiger partial charge in [0.15, 0.2) is 5.72 Å². The minimum atomic E-state index is -0.636. The third-order valence-electron chi connectivity index (χ3n) is 3.64. The molecule has 0 saturated heterocycles. The Balaban J connectivity index is 1.70. The fraction of sp³-hybridized carbons (Fsp3) is 0.158. The van der Waals surface area contributed by atoms with E-state index in [1.165, 1.54) is 0 Å². The average Bonchev–Trinajstić information content (AvgIpc) is 2.62. The Bertz CT molecular complexity index is 662. The maximum Gasteiger partial charge on any atom is 0.184 e. The molecule has 1 heterocycles. The molecule has 111 valence electrons. The molecule has 1 atom stereocenters. The lowest BCUT2D eigenvalue weighted by atomic mass is 10.0. The van der Waals surface area contributed by atoms with Gasteiger partial charge in [-0.25, -0.2) is 0 Å². The van der Waals surface area contributed by atoms with E-state index in [1.54, 1.807) is 13.3 Å². The molecule has 0 fully saturated rings. The Hall–Kier alpha value is -2.52. The van der Waals surface area contributed by atoms with Crippen LogP contribution in [0.15, 0.2) is 72.9 Å². The Kier molecular flexibility index (Phi) is 4.26. The lowest BCUT2D eigenvalue weighted by molar-refractivity contribution is 0.00894.